The van der Waals surface area contributed by atoms with Crippen LogP contribution in [0.2, 0.25) is 0 Å². The van der Waals surface area contributed by atoms with Crippen LogP contribution < -0.4 is 4.74 Å². The van der Waals surface area contributed by atoms with Gasteiger partial charge in [0.1, 0.15) is 5.75 Å². The predicted molar refractivity (Wildman–Crippen MR) is 169 cm³/mol. The molecule has 0 bridgehead atoms. The summed E-state index contributed by atoms with van der Waals surface area (Å²) in [7, 11) is 1.69. The number of aliphatic hydroxyl groups is 1. The predicted octanol–water partition coefficient (Wildman–Crippen LogP) is 6.78. The number of ether oxygens (including phenoxy) is 3. The molecule has 6 heteroatoms. The number of carbonyl (C=O) groups excluding carboxylic acids is 1. The van der Waals surface area contributed by atoms with Gasteiger partial charge >= 0.3 is 0 Å². The van der Waals surface area contributed by atoms with Gasteiger partial charge in [-0.15, -0.1) is 0 Å². The molecule has 0 aliphatic carbocycles. The van der Waals surface area contributed by atoms with Crippen molar-refractivity contribution >= 4 is 5.91 Å². The first-order chi connectivity index (χ1) is 21.1. The van der Waals surface area contributed by atoms with Crippen molar-refractivity contribution < 1.29 is 24.1 Å². The van der Waals surface area contributed by atoms with Crippen LogP contribution in [-0.4, -0.2) is 55.4 Å². The van der Waals surface area contributed by atoms with Crippen molar-refractivity contribution in [3.8, 4) is 16.9 Å². The fraction of sp³-hybridized carbons (Fsp3) is 0.324. The Morgan fingerprint density at radius 1 is 0.907 bits per heavy atom. The fourth-order valence-corrected chi connectivity index (χ4v) is 5.66. The first kappa shape index (κ1) is 30.5. The number of aryl methyl sites for hydroxylation is 1. The maximum Gasteiger partial charge on any atom is 0.253 e. The van der Waals surface area contributed by atoms with Crippen LogP contribution >= 0.6 is 0 Å². The normalized spacial score (nSPS) is 16.7. The molecule has 1 unspecified atom stereocenters. The molecule has 0 radical (unpaired) electrons. The Morgan fingerprint density at radius 2 is 1.70 bits per heavy atom. The maximum absolute atomic E-state index is 13.5. The molecule has 4 aromatic rings. The number of hydrogen-bond acceptors (Lipinski definition) is 5. The summed E-state index contributed by atoms with van der Waals surface area (Å²) >= 11 is 0. The average Bonchev–Trinajstić information content (AvgIpc) is 3.06. The third-order valence-electron chi connectivity index (χ3n) is 8.08. The van der Waals surface area contributed by atoms with Gasteiger partial charge in [0.05, 0.1) is 25.9 Å². The van der Waals surface area contributed by atoms with Crippen LogP contribution in [0.15, 0.2) is 97.1 Å². The first-order valence-electron chi connectivity index (χ1n) is 15.0. The third kappa shape index (κ3) is 7.90. The van der Waals surface area contributed by atoms with Crippen molar-refractivity contribution in [2.24, 2.45) is 0 Å². The van der Waals surface area contributed by atoms with Crippen LogP contribution in [0.5, 0.6) is 5.75 Å². The molecule has 1 heterocycles. The first-order valence-corrected chi connectivity index (χ1v) is 15.0. The molecule has 2 atom stereocenters. The summed E-state index contributed by atoms with van der Waals surface area (Å²) in [5, 5.41) is 9.41. The van der Waals surface area contributed by atoms with Crippen LogP contribution in [0.25, 0.3) is 11.1 Å². The van der Waals surface area contributed by atoms with E-state index in [-0.39, 0.29) is 24.5 Å². The van der Waals surface area contributed by atoms with Crippen molar-refractivity contribution in [2.75, 3.05) is 33.4 Å². The molecule has 224 valence electrons. The molecule has 1 amide bonds. The lowest BCUT2D eigenvalue weighted by molar-refractivity contribution is -0.0204. The highest BCUT2D eigenvalue weighted by atomic mass is 16.5. The van der Waals surface area contributed by atoms with E-state index < -0.39 is 0 Å². The van der Waals surface area contributed by atoms with E-state index in [2.05, 4.69) is 73.7 Å². The highest BCUT2D eigenvalue weighted by molar-refractivity contribution is 5.94. The highest BCUT2D eigenvalue weighted by Crippen LogP contribution is 2.34. The standard InChI is InChI=1S/C37H41NO5/c1-27-12-15-33(35(22-27)42-21-7-20-41-2)26-43-36-24-38(37(40)30-16-13-28(25-39)14-17-30)19-18-34(36)32-11-6-10-31(23-32)29-8-4-3-5-9-29/h3-6,8-17,22-23,34,36,39H,7,18-21,24-26H2,1-2H3/t34-,36?/m1/s1. The molecule has 6 nitrogen and oxygen atoms in total. The van der Waals surface area contributed by atoms with Crippen LogP contribution in [0, 0.1) is 6.92 Å². The molecule has 4 aromatic carbocycles. The monoisotopic (exact) mass is 579 g/mol. The molecule has 1 saturated heterocycles. The Hall–Kier alpha value is -3.97. The fourth-order valence-electron chi connectivity index (χ4n) is 5.66. The number of benzene rings is 4. The van der Waals surface area contributed by atoms with Crippen LogP contribution in [0.4, 0.5) is 0 Å². The molecule has 0 saturated carbocycles. The van der Waals surface area contributed by atoms with E-state index in [1.165, 1.54) is 16.7 Å². The molecule has 1 fully saturated rings. The largest absolute Gasteiger partial charge is 0.493 e. The van der Waals surface area contributed by atoms with Gasteiger partial charge in [0.25, 0.3) is 5.91 Å². The van der Waals surface area contributed by atoms with E-state index in [0.29, 0.717) is 38.5 Å². The third-order valence-corrected chi connectivity index (χ3v) is 8.08. The smallest absolute Gasteiger partial charge is 0.253 e. The number of nitrogens with zero attached hydrogens (tertiary/aromatic N) is 1. The zero-order chi connectivity index (χ0) is 30.0. The Labute approximate surface area is 254 Å². The SMILES string of the molecule is COCCCOc1cc(C)ccc1COC1CN(C(=O)c2ccc(CO)cc2)CC[C@@H]1c1cccc(-c2ccccc2)c1. The van der Waals surface area contributed by atoms with Crippen LogP contribution in [0.3, 0.4) is 0 Å². The molecule has 5 rings (SSSR count). The second-order valence-electron chi connectivity index (χ2n) is 11.1. The Bertz CT molecular complexity index is 1470. The second-order valence-corrected chi connectivity index (χ2v) is 11.1. The summed E-state index contributed by atoms with van der Waals surface area (Å²) in [5.74, 6) is 0.930. The average molecular weight is 580 g/mol. The number of likely N-dealkylation sites (tertiary alicyclic amines) is 1. The number of amides is 1. The van der Waals surface area contributed by atoms with E-state index in [0.717, 1.165) is 35.3 Å². The van der Waals surface area contributed by atoms with Crippen LogP contribution in [-0.2, 0) is 22.7 Å². The molecule has 0 spiro atoms. The van der Waals surface area contributed by atoms with Gasteiger partial charge in [-0.3, -0.25) is 4.79 Å². The van der Waals surface area contributed by atoms with Crippen molar-refractivity contribution in [1.29, 1.82) is 0 Å². The molecule has 0 aromatic heterocycles. The number of piperidine rings is 1. The minimum atomic E-state index is -0.205. The maximum atomic E-state index is 13.5. The van der Waals surface area contributed by atoms with Crippen LogP contribution in [0.1, 0.15) is 51.4 Å². The van der Waals surface area contributed by atoms with Crippen molar-refractivity contribution in [3.05, 3.63) is 125 Å². The number of carbonyl (C=O) groups is 1. The summed E-state index contributed by atoms with van der Waals surface area (Å²) in [6.45, 7) is 4.73. The van der Waals surface area contributed by atoms with E-state index in [9.17, 15) is 9.90 Å². The van der Waals surface area contributed by atoms with Crippen molar-refractivity contribution in [3.63, 3.8) is 0 Å². The van der Waals surface area contributed by atoms with Gasteiger partial charge in [-0.1, -0.05) is 78.9 Å². The number of methoxy groups -OCH3 is 1. The van der Waals surface area contributed by atoms with Gasteiger partial charge in [-0.2, -0.15) is 0 Å². The van der Waals surface area contributed by atoms with E-state index >= 15 is 0 Å². The van der Waals surface area contributed by atoms with Crippen molar-refractivity contribution in [2.45, 2.75) is 45.0 Å². The minimum absolute atomic E-state index is 0.0212. The van der Waals surface area contributed by atoms with Gasteiger partial charge in [0.2, 0.25) is 0 Å². The number of rotatable bonds is 12. The van der Waals surface area contributed by atoms with Crippen molar-refractivity contribution in [1.82, 2.24) is 4.90 Å². The Morgan fingerprint density at radius 3 is 2.47 bits per heavy atom. The summed E-state index contributed by atoms with van der Waals surface area (Å²) in [6, 6.07) is 32.5. The Kier molecular flexibility index (Phi) is 10.6. The zero-order valence-electron chi connectivity index (χ0n) is 25.1. The summed E-state index contributed by atoms with van der Waals surface area (Å²) < 4.78 is 18.0. The van der Waals surface area contributed by atoms with Gasteiger partial charge in [0.15, 0.2) is 0 Å². The summed E-state index contributed by atoms with van der Waals surface area (Å²) in [5.41, 5.74) is 7.08. The highest BCUT2D eigenvalue weighted by Gasteiger charge is 2.34. The molecule has 1 N–H and O–H groups in total. The second kappa shape index (κ2) is 15.0. The minimum Gasteiger partial charge on any atom is -0.493 e. The van der Waals surface area contributed by atoms with Gasteiger partial charge < -0.3 is 24.2 Å². The lowest BCUT2D eigenvalue weighted by Crippen LogP contribution is -2.46. The zero-order valence-corrected chi connectivity index (χ0v) is 25.1. The molecular weight excluding hydrogens is 538 g/mol. The number of hydrogen-bond donors (Lipinski definition) is 1. The molecular formula is C37H41NO5. The topological polar surface area (TPSA) is 68.2 Å². The summed E-state index contributed by atoms with van der Waals surface area (Å²) in [4.78, 5) is 15.4. The van der Waals surface area contributed by atoms with Gasteiger partial charge in [0, 0.05) is 50.3 Å². The summed E-state index contributed by atoms with van der Waals surface area (Å²) in [6.07, 6.45) is 1.39. The van der Waals surface area contributed by atoms with Gasteiger partial charge in [-0.05, 0) is 59.4 Å². The molecule has 1 aliphatic heterocycles. The molecule has 1 aliphatic rings. The van der Waals surface area contributed by atoms with E-state index in [1.54, 1.807) is 31.4 Å². The quantitative estimate of drug-likeness (QED) is 0.187. The lowest BCUT2D eigenvalue weighted by Gasteiger charge is -2.39. The van der Waals surface area contributed by atoms with E-state index in [1.807, 2.05) is 11.0 Å². The Balaban J connectivity index is 1.38. The number of aliphatic hydroxyl groups excluding tert-OH is 1. The lowest BCUT2D eigenvalue weighted by atomic mass is 9.85. The molecule has 43 heavy (non-hydrogen) atoms. The van der Waals surface area contributed by atoms with E-state index in [4.69, 9.17) is 14.2 Å². The van der Waals surface area contributed by atoms with Gasteiger partial charge in [-0.25, -0.2) is 0 Å².